The van der Waals surface area contributed by atoms with Crippen molar-refractivity contribution in [3.63, 3.8) is 0 Å². The van der Waals surface area contributed by atoms with E-state index < -0.39 is 42.5 Å². The number of aliphatic carboxylic acids is 1. The van der Waals surface area contributed by atoms with Crippen LogP contribution in [0.4, 0.5) is 0 Å². The van der Waals surface area contributed by atoms with Crippen LogP contribution in [0.1, 0.15) is 11.1 Å². The van der Waals surface area contributed by atoms with Crippen LogP contribution < -0.4 is 16.4 Å². The number of benzene rings is 2. The van der Waals surface area contributed by atoms with Crippen molar-refractivity contribution in [3.8, 4) is 0 Å². The summed E-state index contributed by atoms with van der Waals surface area (Å²) in [5, 5.41) is 24.2. The molecule has 2 aromatic carbocycles. The van der Waals surface area contributed by atoms with E-state index in [2.05, 4.69) is 15.6 Å². The van der Waals surface area contributed by atoms with Gasteiger partial charge in [0, 0.05) is 23.5 Å². The van der Waals surface area contributed by atoms with Crippen LogP contribution in [-0.4, -0.2) is 57.7 Å². The summed E-state index contributed by atoms with van der Waals surface area (Å²) in [5.74, 6) is -2.63. The number of para-hydroxylation sites is 1. The van der Waals surface area contributed by atoms with E-state index in [-0.39, 0.29) is 12.8 Å². The molecule has 3 aromatic rings. The monoisotopic (exact) mass is 438 g/mol. The Morgan fingerprint density at radius 3 is 2.25 bits per heavy atom. The van der Waals surface area contributed by atoms with Gasteiger partial charge in [0.15, 0.2) is 0 Å². The molecule has 0 spiro atoms. The van der Waals surface area contributed by atoms with Crippen LogP contribution in [0.3, 0.4) is 0 Å². The number of aliphatic hydroxyl groups is 1. The fourth-order valence-electron chi connectivity index (χ4n) is 3.43. The normalized spacial score (nSPS) is 13.8. The quantitative estimate of drug-likeness (QED) is 0.268. The van der Waals surface area contributed by atoms with Gasteiger partial charge in [-0.15, -0.1) is 0 Å². The molecular formula is C23H26N4O5. The molecule has 0 saturated heterocycles. The Labute approximate surface area is 184 Å². The van der Waals surface area contributed by atoms with Gasteiger partial charge in [0.1, 0.15) is 12.1 Å². The highest BCUT2D eigenvalue weighted by molar-refractivity contribution is 5.92. The molecule has 2 amide bonds. The number of carbonyl (C=O) groups is 3. The number of amides is 2. The van der Waals surface area contributed by atoms with Gasteiger partial charge in [-0.1, -0.05) is 48.5 Å². The van der Waals surface area contributed by atoms with Crippen LogP contribution in [0.5, 0.6) is 0 Å². The SMILES string of the molecule is N[C@@H](Cc1c[nH]c2ccccc12)C(=O)N[C@@H](Cc1ccccc1)C(=O)N[C@@H](CO)C(=O)O. The second-order valence-corrected chi connectivity index (χ2v) is 7.50. The number of aromatic amines is 1. The minimum absolute atomic E-state index is 0.135. The molecule has 0 radical (unpaired) electrons. The molecule has 0 unspecified atom stereocenters. The number of rotatable bonds is 10. The number of H-pyrrole nitrogens is 1. The number of hydrogen-bond acceptors (Lipinski definition) is 5. The van der Waals surface area contributed by atoms with Crippen molar-refractivity contribution >= 4 is 28.7 Å². The van der Waals surface area contributed by atoms with Crippen LogP contribution >= 0.6 is 0 Å². The van der Waals surface area contributed by atoms with E-state index in [1.54, 1.807) is 30.5 Å². The van der Waals surface area contributed by atoms with Crippen molar-refractivity contribution in [2.75, 3.05) is 6.61 Å². The van der Waals surface area contributed by atoms with Crippen molar-refractivity contribution in [1.29, 1.82) is 0 Å². The van der Waals surface area contributed by atoms with Gasteiger partial charge in [-0.05, 0) is 23.6 Å². The zero-order valence-corrected chi connectivity index (χ0v) is 17.3. The molecule has 9 nitrogen and oxygen atoms in total. The Morgan fingerprint density at radius 1 is 0.906 bits per heavy atom. The maximum atomic E-state index is 12.8. The lowest BCUT2D eigenvalue weighted by atomic mass is 10.0. The third-order valence-corrected chi connectivity index (χ3v) is 5.16. The Balaban J connectivity index is 1.72. The number of fused-ring (bicyclic) bond motifs is 1. The van der Waals surface area contributed by atoms with Crippen LogP contribution in [0.2, 0.25) is 0 Å². The number of nitrogens with two attached hydrogens (primary N) is 1. The van der Waals surface area contributed by atoms with E-state index in [9.17, 15) is 19.5 Å². The van der Waals surface area contributed by atoms with Gasteiger partial charge in [-0.25, -0.2) is 4.79 Å². The smallest absolute Gasteiger partial charge is 0.328 e. The van der Waals surface area contributed by atoms with E-state index in [1.807, 2.05) is 30.3 Å². The summed E-state index contributed by atoms with van der Waals surface area (Å²) in [6.45, 7) is -0.771. The Bertz CT molecular complexity index is 1080. The summed E-state index contributed by atoms with van der Waals surface area (Å²) in [4.78, 5) is 39.8. The van der Waals surface area contributed by atoms with E-state index in [0.717, 1.165) is 22.0 Å². The molecule has 0 aliphatic rings. The second kappa shape index (κ2) is 10.6. The minimum Gasteiger partial charge on any atom is -0.480 e. The first-order valence-corrected chi connectivity index (χ1v) is 10.2. The van der Waals surface area contributed by atoms with Gasteiger partial charge in [0.05, 0.1) is 12.6 Å². The van der Waals surface area contributed by atoms with Crippen molar-refractivity contribution in [2.24, 2.45) is 5.73 Å². The zero-order valence-electron chi connectivity index (χ0n) is 17.3. The summed E-state index contributed by atoms with van der Waals surface area (Å²) in [6, 6.07) is 13.2. The Kier molecular flexibility index (Phi) is 7.58. The van der Waals surface area contributed by atoms with E-state index in [4.69, 9.17) is 10.8 Å². The van der Waals surface area contributed by atoms with Crippen molar-refractivity contribution in [1.82, 2.24) is 15.6 Å². The van der Waals surface area contributed by atoms with Gasteiger partial charge >= 0.3 is 5.97 Å². The Morgan fingerprint density at radius 2 is 1.56 bits per heavy atom. The molecule has 0 saturated carbocycles. The van der Waals surface area contributed by atoms with Gasteiger partial charge in [0.2, 0.25) is 11.8 Å². The lowest BCUT2D eigenvalue weighted by molar-refractivity contribution is -0.143. The maximum Gasteiger partial charge on any atom is 0.328 e. The molecule has 3 atom stereocenters. The standard InChI is InChI=1S/C23H26N4O5/c24-17(11-15-12-25-18-9-5-4-8-16(15)18)21(29)26-19(10-14-6-2-1-3-7-14)22(30)27-20(13-28)23(31)32/h1-9,12,17,19-20,25,28H,10-11,13,24H2,(H,26,29)(H,27,30)(H,31,32)/t17-,19-,20-/m0/s1. The van der Waals surface area contributed by atoms with Gasteiger partial charge in [-0.3, -0.25) is 9.59 Å². The molecule has 0 aliphatic carbocycles. The molecule has 1 aromatic heterocycles. The number of carbonyl (C=O) groups excluding carboxylic acids is 2. The molecule has 9 heteroatoms. The highest BCUT2D eigenvalue weighted by Crippen LogP contribution is 2.18. The third kappa shape index (κ3) is 5.71. The van der Waals surface area contributed by atoms with Crippen LogP contribution in [0.15, 0.2) is 60.8 Å². The predicted molar refractivity (Wildman–Crippen MR) is 119 cm³/mol. The lowest BCUT2D eigenvalue weighted by Crippen LogP contribution is -2.56. The van der Waals surface area contributed by atoms with Crippen molar-refractivity contribution < 1.29 is 24.6 Å². The van der Waals surface area contributed by atoms with Crippen LogP contribution in [0.25, 0.3) is 10.9 Å². The fraction of sp³-hybridized carbons (Fsp3) is 0.261. The predicted octanol–water partition coefficient (Wildman–Crippen LogP) is 0.327. The number of carboxylic acids is 1. The first-order chi connectivity index (χ1) is 15.4. The van der Waals surface area contributed by atoms with E-state index >= 15 is 0 Å². The number of carboxylic acid groups (broad SMARTS) is 1. The third-order valence-electron chi connectivity index (χ3n) is 5.16. The lowest BCUT2D eigenvalue weighted by Gasteiger charge is -2.22. The van der Waals surface area contributed by atoms with Crippen molar-refractivity contribution in [3.05, 3.63) is 71.9 Å². The van der Waals surface area contributed by atoms with Gasteiger partial charge in [-0.2, -0.15) is 0 Å². The highest BCUT2D eigenvalue weighted by Gasteiger charge is 2.28. The molecule has 0 bridgehead atoms. The molecule has 0 aliphatic heterocycles. The summed E-state index contributed by atoms with van der Waals surface area (Å²) in [7, 11) is 0. The molecule has 168 valence electrons. The number of hydrogen-bond donors (Lipinski definition) is 6. The fourth-order valence-corrected chi connectivity index (χ4v) is 3.43. The second-order valence-electron chi connectivity index (χ2n) is 7.50. The summed E-state index contributed by atoms with van der Waals surface area (Å²) in [5.41, 5.74) is 8.70. The number of aromatic nitrogens is 1. The van der Waals surface area contributed by atoms with Crippen molar-refractivity contribution in [2.45, 2.75) is 31.0 Å². The van der Waals surface area contributed by atoms with Crippen LogP contribution in [0, 0.1) is 0 Å². The Hall–Kier alpha value is -3.69. The maximum absolute atomic E-state index is 12.8. The first kappa shape index (κ1) is 23.0. The molecule has 0 fully saturated rings. The summed E-state index contributed by atoms with van der Waals surface area (Å²) < 4.78 is 0. The molecule has 3 rings (SSSR count). The minimum atomic E-state index is -1.47. The summed E-state index contributed by atoms with van der Waals surface area (Å²) >= 11 is 0. The zero-order chi connectivity index (χ0) is 23.1. The first-order valence-electron chi connectivity index (χ1n) is 10.2. The molecule has 1 heterocycles. The average molecular weight is 438 g/mol. The number of nitrogens with one attached hydrogen (secondary N) is 3. The topological polar surface area (TPSA) is 158 Å². The van der Waals surface area contributed by atoms with Crippen LogP contribution in [-0.2, 0) is 27.2 Å². The largest absolute Gasteiger partial charge is 0.480 e. The van der Waals surface area contributed by atoms with Gasteiger partial charge < -0.3 is 31.6 Å². The summed E-state index contributed by atoms with van der Waals surface area (Å²) in [6.07, 6.45) is 2.19. The number of aliphatic hydroxyl groups excluding tert-OH is 1. The average Bonchev–Trinajstić information content (AvgIpc) is 3.20. The highest BCUT2D eigenvalue weighted by atomic mass is 16.4. The molecular weight excluding hydrogens is 412 g/mol. The molecule has 7 N–H and O–H groups in total. The molecule has 32 heavy (non-hydrogen) atoms. The van der Waals surface area contributed by atoms with E-state index in [1.165, 1.54) is 0 Å². The van der Waals surface area contributed by atoms with Gasteiger partial charge in [0.25, 0.3) is 0 Å². The van der Waals surface area contributed by atoms with E-state index in [0.29, 0.717) is 0 Å².